The molecule has 0 aliphatic heterocycles. The van der Waals surface area contributed by atoms with Gasteiger partial charge in [-0.15, -0.1) is 24.0 Å². The van der Waals surface area contributed by atoms with Crippen molar-refractivity contribution in [3.63, 3.8) is 0 Å². The number of carbonyl (C=O) groups excluding carboxylic acids is 1. The number of hydrogen-bond donors (Lipinski definition) is 3. The van der Waals surface area contributed by atoms with Gasteiger partial charge in [-0.2, -0.15) is 0 Å². The number of carbonyl (C=O) groups is 1. The molecule has 0 aliphatic carbocycles. The maximum absolute atomic E-state index is 11.8. The zero-order valence-corrected chi connectivity index (χ0v) is 15.4. The van der Waals surface area contributed by atoms with Crippen LogP contribution in [0.4, 0.5) is 0 Å². The van der Waals surface area contributed by atoms with Crippen LogP contribution in [0.25, 0.3) is 0 Å². The SMILES string of the molecule is CN=C(NCCNC(=O)c1ccccc1)NC(C)(C)C.I. The molecule has 118 valence electrons. The molecule has 0 bridgehead atoms. The minimum absolute atomic E-state index is 0. The minimum atomic E-state index is -0.0637. The molecule has 0 radical (unpaired) electrons. The summed E-state index contributed by atoms with van der Waals surface area (Å²) in [4.78, 5) is 15.9. The highest BCUT2D eigenvalue weighted by atomic mass is 127. The van der Waals surface area contributed by atoms with Crippen LogP contribution in [0, 0.1) is 0 Å². The molecule has 5 nitrogen and oxygen atoms in total. The Hall–Kier alpha value is -1.31. The highest BCUT2D eigenvalue weighted by Crippen LogP contribution is 1.98. The van der Waals surface area contributed by atoms with Crippen molar-refractivity contribution in [1.82, 2.24) is 16.0 Å². The van der Waals surface area contributed by atoms with Gasteiger partial charge in [-0.1, -0.05) is 18.2 Å². The Balaban J connectivity index is 0.00000400. The molecule has 0 fully saturated rings. The van der Waals surface area contributed by atoms with Crippen molar-refractivity contribution in [1.29, 1.82) is 0 Å². The fourth-order valence-corrected chi connectivity index (χ4v) is 1.58. The summed E-state index contributed by atoms with van der Waals surface area (Å²) in [6, 6.07) is 9.18. The third-order valence-electron chi connectivity index (χ3n) is 2.46. The summed E-state index contributed by atoms with van der Waals surface area (Å²) >= 11 is 0. The van der Waals surface area contributed by atoms with Crippen LogP contribution < -0.4 is 16.0 Å². The molecule has 1 amide bonds. The molecule has 0 saturated heterocycles. The van der Waals surface area contributed by atoms with Crippen molar-refractivity contribution in [2.75, 3.05) is 20.1 Å². The van der Waals surface area contributed by atoms with E-state index < -0.39 is 0 Å². The van der Waals surface area contributed by atoms with Gasteiger partial charge in [0.25, 0.3) is 5.91 Å². The van der Waals surface area contributed by atoms with Gasteiger partial charge in [0.15, 0.2) is 5.96 Å². The fraction of sp³-hybridized carbons (Fsp3) is 0.467. The summed E-state index contributed by atoms with van der Waals surface area (Å²) < 4.78 is 0. The van der Waals surface area contributed by atoms with Gasteiger partial charge in [-0.25, -0.2) is 0 Å². The summed E-state index contributed by atoms with van der Waals surface area (Å²) in [5.74, 6) is 0.664. The van der Waals surface area contributed by atoms with E-state index in [-0.39, 0.29) is 35.4 Å². The van der Waals surface area contributed by atoms with E-state index in [9.17, 15) is 4.79 Å². The highest BCUT2D eigenvalue weighted by molar-refractivity contribution is 14.0. The van der Waals surface area contributed by atoms with Crippen LogP contribution in [0.15, 0.2) is 35.3 Å². The smallest absolute Gasteiger partial charge is 0.251 e. The van der Waals surface area contributed by atoms with Crippen LogP contribution in [0.1, 0.15) is 31.1 Å². The minimum Gasteiger partial charge on any atom is -0.355 e. The van der Waals surface area contributed by atoms with E-state index in [1.54, 1.807) is 19.2 Å². The molecule has 0 heterocycles. The van der Waals surface area contributed by atoms with Crippen molar-refractivity contribution in [3.05, 3.63) is 35.9 Å². The molecular formula is C15H25IN4O. The number of amides is 1. The molecule has 21 heavy (non-hydrogen) atoms. The second-order valence-electron chi connectivity index (χ2n) is 5.50. The molecule has 0 aromatic heterocycles. The van der Waals surface area contributed by atoms with Crippen LogP contribution in [0.2, 0.25) is 0 Å². The normalized spacial score (nSPS) is 11.3. The van der Waals surface area contributed by atoms with Crippen LogP contribution in [0.5, 0.6) is 0 Å². The number of halogens is 1. The van der Waals surface area contributed by atoms with Crippen molar-refractivity contribution in [2.45, 2.75) is 26.3 Å². The molecule has 3 N–H and O–H groups in total. The second-order valence-corrected chi connectivity index (χ2v) is 5.50. The Morgan fingerprint density at radius 3 is 2.19 bits per heavy atom. The van der Waals surface area contributed by atoms with Gasteiger partial charge < -0.3 is 16.0 Å². The fourth-order valence-electron chi connectivity index (χ4n) is 1.58. The van der Waals surface area contributed by atoms with E-state index in [0.29, 0.717) is 18.7 Å². The first-order valence-electron chi connectivity index (χ1n) is 6.74. The molecule has 6 heteroatoms. The monoisotopic (exact) mass is 404 g/mol. The number of rotatable bonds is 4. The van der Waals surface area contributed by atoms with Gasteiger partial charge in [0.1, 0.15) is 0 Å². The van der Waals surface area contributed by atoms with E-state index in [2.05, 4.69) is 41.7 Å². The largest absolute Gasteiger partial charge is 0.355 e. The molecule has 0 atom stereocenters. The van der Waals surface area contributed by atoms with Crippen LogP contribution >= 0.6 is 24.0 Å². The Morgan fingerprint density at radius 1 is 1.10 bits per heavy atom. The first kappa shape index (κ1) is 19.7. The molecule has 0 unspecified atom stereocenters. The lowest BCUT2D eigenvalue weighted by molar-refractivity contribution is 0.0954. The molecule has 0 saturated carbocycles. The predicted molar refractivity (Wildman–Crippen MR) is 98.4 cm³/mol. The van der Waals surface area contributed by atoms with Crippen molar-refractivity contribution in [3.8, 4) is 0 Å². The summed E-state index contributed by atoms with van der Waals surface area (Å²) in [5, 5.41) is 9.27. The lowest BCUT2D eigenvalue weighted by atomic mass is 10.1. The molecule has 1 aromatic rings. The van der Waals surface area contributed by atoms with Crippen LogP contribution in [-0.2, 0) is 0 Å². The number of aliphatic imine (C=N–C) groups is 1. The molecule has 0 spiro atoms. The van der Waals surface area contributed by atoms with Gasteiger partial charge in [0.05, 0.1) is 0 Å². The Bertz CT molecular complexity index is 454. The molecular weight excluding hydrogens is 379 g/mol. The van der Waals surface area contributed by atoms with Crippen molar-refractivity contribution < 1.29 is 4.79 Å². The third kappa shape index (κ3) is 8.54. The van der Waals surface area contributed by atoms with E-state index >= 15 is 0 Å². The van der Waals surface area contributed by atoms with Crippen LogP contribution in [-0.4, -0.2) is 37.5 Å². The Morgan fingerprint density at radius 2 is 1.67 bits per heavy atom. The standard InChI is InChI=1S/C15H24N4O.HI/c1-15(2,3)19-14(16-4)18-11-10-17-13(20)12-8-6-5-7-9-12;/h5-9H,10-11H2,1-4H3,(H,17,20)(H2,16,18,19);1H. The zero-order valence-electron chi connectivity index (χ0n) is 13.1. The number of nitrogens with zero attached hydrogens (tertiary/aromatic N) is 1. The van der Waals surface area contributed by atoms with E-state index in [1.165, 1.54) is 0 Å². The van der Waals surface area contributed by atoms with E-state index in [4.69, 9.17) is 0 Å². The number of hydrogen-bond acceptors (Lipinski definition) is 2. The predicted octanol–water partition coefficient (Wildman–Crippen LogP) is 2.00. The second kappa shape index (κ2) is 9.59. The van der Waals surface area contributed by atoms with E-state index in [0.717, 1.165) is 5.96 Å². The van der Waals surface area contributed by atoms with E-state index in [1.807, 2.05) is 18.2 Å². The third-order valence-corrected chi connectivity index (χ3v) is 2.46. The van der Waals surface area contributed by atoms with Gasteiger partial charge in [0, 0.05) is 31.2 Å². The first-order valence-corrected chi connectivity index (χ1v) is 6.74. The summed E-state index contributed by atoms with van der Waals surface area (Å²) in [6.07, 6.45) is 0. The van der Waals surface area contributed by atoms with Crippen LogP contribution in [0.3, 0.4) is 0 Å². The summed E-state index contributed by atoms with van der Waals surface area (Å²) in [6.45, 7) is 7.36. The highest BCUT2D eigenvalue weighted by Gasteiger charge is 2.11. The topological polar surface area (TPSA) is 65.5 Å². The summed E-state index contributed by atoms with van der Waals surface area (Å²) in [7, 11) is 1.73. The van der Waals surface area contributed by atoms with Gasteiger partial charge >= 0.3 is 0 Å². The lowest BCUT2D eigenvalue weighted by Crippen LogP contribution is -2.49. The number of guanidine groups is 1. The van der Waals surface area contributed by atoms with Crippen molar-refractivity contribution >= 4 is 35.8 Å². The molecule has 1 rings (SSSR count). The van der Waals surface area contributed by atoms with Gasteiger partial charge in [-0.05, 0) is 32.9 Å². The number of nitrogens with one attached hydrogen (secondary N) is 3. The van der Waals surface area contributed by atoms with Gasteiger partial charge in [-0.3, -0.25) is 9.79 Å². The quantitative estimate of drug-likeness (QED) is 0.311. The summed E-state index contributed by atoms with van der Waals surface area (Å²) in [5.41, 5.74) is 0.625. The molecule has 1 aromatic carbocycles. The van der Waals surface area contributed by atoms with Gasteiger partial charge in [0.2, 0.25) is 0 Å². The average molecular weight is 404 g/mol. The number of benzene rings is 1. The Kier molecular flexibility index (Phi) is 9.00. The lowest BCUT2D eigenvalue weighted by Gasteiger charge is -2.23. The first-order chi connectivity index (χ1) is 9.42. The Labute approximate surface area is 144 Å². The zero-order chi connectivity index (χ0) is 15.0. The average Bonchev–Trinajstić information content (AvgIpc) is 2.41. The maximum Gasteiger partial charge on any atom is 0.251 e. The molecule has 0 aliphatic rings. The van der Waals surface area contributed by atoms with Crippen molar-refractivity contribution in [2.24, 2.45) is 4.99 Å². The maximum atomic E-state index is 11.8.